The highest BCUT2D eigenvalue weighted by atomic mass is 35.5. The van der Waals surface area contributed by atoms with Gasteiger partial charge in [0.25, 0.3) is 0 Å². The molecule has 0 amide bonds. The van der Waals surface area contributed by atoms with E-state index in [1.54, 1.807) is 0 Å². The Morgan fingerprint density at radius 3 is 2.53 bits per heavy atom. The molecule has 1 fully saturated rings. The molecule has 1 heterocycles. The van der Waals surface area contributed by atoms with Gasteiger partial charge in [-0.05, 0) is 36.5 Å². The van der Waals surface area contributed by atoms with Crippen molar-refractivity contribution < 1.29 is 0 Å². The number of halogens is 2. The van der Waals surface area contributed by atoms with Crippen LogP contribution in [0.1, 0.15) is 31.7 Å². The fourth-order valence-electron chi connectivity index (χ4n) is 2.47. The minimum atomic E-state index is 0.526. The van der Waals surface area contributed by atoms with Gasteiger partial charge in [0, 0.05) is 19.0 Å². The van der Waals surface area contributed by atoms with Gasteiger partial charge in [-0.2, -0.15) is 0 Å². The highest BCUT2D eigenvalue weighted by molar-refractivity contribution is 6.33. The molecule has 94 valence electrons. The van der Waals surface area contributed by atoms with Gasteiger partial charge in [-0.1, -0.05) is 31.0 Å². The van der Waals surface area contributed by atoms with Gasteiger partial charge in [-0.25, -0.2) is 0 Å². The molecular formula is C14H19Cl2N. The Hall–Kier alpha value is -0.400. The molecule has 1 aromatic rings. The zero-order chi connectivity index (χ0) is 12.3. The normalized spacial score (nSPS) is 17.5. The minimum absolute atomic E-state index is 0.526. The maximum absolute atomic E-state index is 6.31. The van der Waals surface area contributed by atoms with Gasteiger partial charge in [0.15, 0.2) is 0 Å². The highest BCUT2D eigenvalue weighted by Crippen LogP contribution is 2.31. The third kappa shape index (κ3) is 3.08. The van der Waals surface area contributed by atoms with E-state index in [2.05, 4.69) is 24.0 Å². The Bertz CT molecular complexity index is 370. The van der Waals surface area contributed by atoms with Crippen molar-refractivity contribution in [3.05, 3.63) is 28.8 Å². The van der Waals surface area contributed by atoms with Crippen molar-refractivity contribution in [1.82, 2.24) is 0 Å². The molecule has 1 aliphatic heterocycles. The summed E-state index contributed by atoms with van der Waals surface area (Å²) in [5, 5.41) is 0.832. The van der Waals surface area contributed by atoms with E-state index < -0.39 is 0 Å². The molecule has 0 spiro atoms. The Labute approximate surface area is 114 Å². The van der Waals surface area contributed by atoms with Gasteiger partial charge >= 0.3 is 0 Å². The lowest BCUT2D eigenvalue weighted by Crippen LogP contribution is -2.33. The zero-order valence-corrected chi connectivity index (χ0v) is 11.8. The predicted molar refractivity (Wildman–Crippen MR) is 76.2 cm³/mol. The second-order valence-electron chi connectivity index (χ2n) is 4.76. The predicted octanol–water partition coefficient (Wildman–Crippen LogP) is 4.71. The van der Waals surface area contributed by atoms with Gasteiger partial charge in [0.05, 0.1) is 10.7 Å². The van der Waals surface area contributed by atoms with Crippen LogP contribution in [0.5, 0.6) is 0 Å². The molecule has 1 nitrogen and oxygen atoms in total. The molecule has 0 atom stereocenters. The van der Waals surface area contributed by atoms with E-state index in [9.17, 15) is 0 Å². The summed E-state index contributed by atoms with van der Waals surface area (Å²) in [5.41, 5.74) is 2.25. The molecule has 0 unspecified atom stereocenters. The first-order valence-electron chi connectivity index (χ1n) is 6.34. The van der Waals surface area contributed by atoms with E-state index in [4.69, 9.17) is 23.2 Å². The number of alkyl halides is 1. The summed E-state index contributed by atoms with van der Waals surface area (Å²) in [7, 11) is 0. The molecule has 1 aromatic carbocycles. The van der Waals surface area contributed by atoms with Gasteiger partial charge in [-0.3, -0.25) is 0 Å². The lowest BCUT2D eigenvalue weighted by atomic mass is 9.94. The van der Waals surface area contributed by atoms with Crippen LogP contribution in [0.2, 0.25) is 5.02 Å². The maximum atomic E-state index is 6.31. The SMILES string of the molecule is CCC1CCN(c2ccc(CCl)cc2Cl)CC1. The first-order valence-corrected chi connectivity index (χ1v) is 7.25. The summed E-state index contributed by atoms with van der Waals surface area (Å²) in [6.07, 6.45) is 3.86. The van der Waals surface area contributed by atoms with Crippen molar-refractivity contribution in [3.63, 3.8) is 0 Å². The van der Waals surface area contributed by atoms with Crippen LogP contribution >= 0.6 is 23.2 Å². The maximum Gasteiger partial charge on any atom is 0.0642 e. The number of piperidine rings is 1. The molecule has 0 N–H and O–H groups in total. The van der Waals surface area contributed by atoms with Gasteiger partial charge in [0.1, 0.15) is 0 Å². The zero-order valence-electron chi connectivity index (χ0n) is 10.3. The third-order valence-electron chi connectivity index (χ3n) is 3.70. The standard InChI is InChI=1S/C14H19Cl2N/c1-2-11-5-7-17(8-6-11)14-4-3-12(10-15)9-13(14)16/h3-4,9,11H,2,5-8,10H2,1H3. The van der Waals surface area contributed by atoms with Gasteiger partial charge < -0.3 is 4.90 Å². The van der Waals surface area contributed by atoms with Crippen LogP contribution in [0.3, 0.4) is 0 Å². The molecule has 0 bridgehead atoms. The van der Waals surface area contributed by atoms with Crippen molar-refractivity contribution in [3.8, 4) is 0 Å². The first-order chi connectivity index (χ1) is 8.24. The van der Waals surface area contributed by atoms with Crippen LogP contribution in [0.15, 0.2) is 18.2 Å². The van der Waals surface area contributed by atoms with Crippen LogP contribution in [0, 0.1) is 5.92 Å². The van der Waals surface area contributed by atoms with Crippen molar-refractivity contribution in [2.75, 3.05) is 18.0 Å². The van der Waals surface area contributed by atoms with E-state index >= 15 is 0 Å². The van der Waals surface area contributed by atoms with Crippen molar-refractivity contribution in [2.24, 2.45) is 5.92 Å². The van der Waals surface area contributed by atoms with Crippen LogP contribution in [0.25, 0.3) is 0 Å². The lowest BCUT2D eigenvalue weighted by molar-refractivity contribution is 0.395. The van der Waals surface area contributed by atoms with E-state index in [-0.39, 0.29) is 0 Å². The number of anilines is 1. The molecular weight excluding hydrogens is 253 g/mol. The van der Waals surface area contributed by atoms with Crippen LogP contribution < -0.4 is 4.90 Å². The monoisotopic (exact) mass is 271 g/mol. The van der Waals surface area contributed by atoms with E-state index in [0.29, 0.717) is 5.88 Å². The first kappa shape index (κ1) is 13.0. The molecule has 1 saturated heterocycles. The van der Waals surface area contributed by atoms with Crippen molar-refractivity contribution in [2.45, 2.75) is 32.1 Å². The fraction of sp³-hybridized carbons (Fsp3) is 0.571. The van der Waals surface area contributed by atoms with Crippen molar-refractivity contribution in [1.29, 1.82) is 0 Å². The van der Waals surface area contributed by atoms with Crippen LogP contribution in [0.4, 0.5) is 5.69 Å². The van der Waals surface area contributed by atoms with E-state index in [0.717, 1.165) is 35.3 Å². The minimum Gasteiger partial charge on any atom is -0.370 e. The quantitative estimate of drug-likeness (QED) is 0.720. The second kappa shape index (κ2) is 5.97. The van der Waals surface area contributed by atoms with Crippen molar-refractivity contribution >= 4 is 28.9 Å². The molecule has 0 saturated carbocycles. The molecule has 1 aliphatic rings. The number of hydrogen-bond donors (Lipinski definition) is 0. The van der Waals surface area contributed by atoms with Crippen LogP contribution in [-0.2, 0) is 5.88 Å². The Balaban J connectivity index is 2.08. The van der Waals surface area contributed by atoms with Gasteiger partial charge in [-0.15, -0.1) is 11.6 Å². The Kier molecular flexibility index (Phi) is 4.58. The number of hydrogen-bond acceptors (Lipinski definition) is 1. The number of nitrogens with zero attached hydrogens (tertiary/aromatic N) is 1. The Morgan fingerprint density at radius 2 is 2.00 bits per heavy atom. The average Bonchev–Trinajstić information content (AvgIpc) is 2.39. The number of rotatable bonds is 3. The summed E-state index contributed by atoms with van der Waals surface area (Å²) in [6, 6.07) is 6.15. The summed E-state index contributed by atoms with van der Waals surface area (Å²) in [5.74, 6) is 1.42. The summed E-state index contributed by atoms with van der Waals surface area (Å²) < 4.78 is 0. The topological polar surface area (TPSA) is 3.24 Å². The third-order valence-corrected chi connectivity index (χ3v) is 4.31. The van der Waals surface area contributed by atoms with E-state index in [1.807, 2.05) is 6.07 Å². The lowest BCUT2D eigenvalue weighted by Gasteiger charge is -2.33. The molecule has 0 aliphatic carbocycles. The number of benzene rings is 1. The Morgan fingerprint density at radius 1 is 1.29 bits per heavy atom. The molecule has 17 heavy (non-hydrogen) atoms. The molecule has 0 aromatic heterocycles. The largest absolute Gasteiger partial charge is 0.370 e. The van der Waals surface area contributed by atoms with Crippen LogP contribution in [-0.4, -0.2) is 13.1 Å². The fourth-order valence-corrected chi connectivity index (χ4v) is 2.96. The molecule has 3 heteroatoms. The molecule has 0 radical (unpaired) electrons. The van der Waals surface area contributed by atoms with Gasteiger partial charge in [0.2, 0.25) is 0 Å². The van der Waals surface area contributed by atoms with E-state index in [1.165, 1.54) is 19.3 Å². The average molecular weight is 272 g/mol. The summed E-state index contributed by atoms with van der Waals surface area (Å²) >= 11 is 12.1. The summed E-state index contributed by atoms with van der Waals surface area (Å²) in [4.78, 5) is 2.40. The molecule has 2 rings (SSSR count). The highest BCUT2D eigenvalue weighted by Gasteiger charge is 2.19. The smallest absolute Gasteiger partial charge is 0.0642 e. The summed E-state index contributed by atoms with van der Waals surface area (Å²) in [6.45, 7) is 4.53. The second-order valence-corrected chi connectivity index (χ2v) is 5.43.